The van der Waals surface area contributed by atoms with Gasteiger partial charge >= 0.3 is 5.97 Å². The SMILES string of the molecule is O=C(O)c1ccc(NN=C/C=C/c2ccccc2)cc1. The fourth-order valence-corrected chi connectivity index (χ4v) is 1.56. The molecule has 2 N–H and O–H groups in total. The number of benzene rings is 2. The molecule has 0 aromatic heterocycles. The molecule has 0 amide bonds. The molecule has 0 radical (unpaired) electrons. The highest BCUT2D eigenvalue weighted by Gasteiger charge is 2.00. The van der Waals surface area contributed by atoms with Gasteiger partial charge in [-0.05, 0) is 35.9 Å². The van der Waals surface area contributed by atoms with Crippen molar-refractivity contribution in [3.63, 3.8) is 0 Å². The predicted molar refractivity (Wildman–Crippen MR) is 81.0 cm³/mol. The molecule has 20 heavy (non-hydrogen) atoms. The molecular formula is C16H14N2O2. The Balaban J connectivity index is 1.87. The maximum atomic E-state index is 10.7. The van der Waals surface area contributed by atoms with E-state index in [1.165, 1.54) is 12.1 Å². The van der Waals surface area contributed by atoms with Crippen LogP contribution in [0.5, 0.6) is 0 Å². The van der Waals surface area contributed by atoms with Crippen LogP contribution in [0.2, 0.25) is 0 Å². The van der Waals surface area contributed by atoms with Crippen molar-refractivity contribution < 1.29 is 9.90 Å². The van der Waals surface area contributed by atoms with Crippen LogP contribution in [0.1, 0.15) is 15.9 Å². The minimum Gasteiger partial charge on any atom is -0.478 e. The van der Waals surface area contributed by atoms with Crippen LogP contribution in [0.15, 0.2) is 65.8 Å². The Bertz CT molecular complexity index is 617. The summed E-state index contributed by atoms with van der Waals surface area (Å²) in [6.45, 7) is 0. The molecule has 0 saturated carbocycles. The second-order valence-corrected chi connectivity index (χ2v) is 4.04. The molecule has 0 spiro atoms. The number of carboxylic acids is 1. The summed E-state index contributed by atoms with van der Waals surface area (Å²) >= 11 is 0. The minimum atomic E-state index is -0.939. The second-order valence-electron chi connectivity index (χ2n) is 4.04. The number of rotatable bonds is 5. The number of hydrazone groups is 1. The molecule has 0 heterocycles. The lowest BCUT2D eigenvalue weighted by Crippen LogP contribution is -1.96. The molecule has 0 atom stereocenters. The molecule has 100 valence electrons. The highest BCUT2D eigenvalue weighted by molar-refractivity contribution is 5.88. The number of anilines is 1. The van der Waals surface area contributed by atoms with E-state index >= 15 is 0 Å². The summed E-state index contributed by atoms with van der Waals surface area (Å²) in [6.07, 6.45) is 5.41. The fourth-order valence-electron chi connectivity index (χ4n) is 1.56. The standard InChI is InChI=1S/C16H14N2O2/c19-16(20)14-8-10-15(11-9-14)18-17-12-4-7-13-5-2-1-3-6-13/h1-12,18H,(H,19,20)/b7-4+,17-12?. The summed E-state index contributed by atoms with van der Waals surface area (Å²) in [5, 5.41) is 12.8. The number of nitrogens with one attached hydrogen (secondary N) is 1. The van der Waals surface area contributed by atoms with Crippen molar-refractivity contribution in [3.8, 4) is 0 Å². The lowest BCUT2D eigenvalue weighted by Gasteiger charge is -1.99. The van der Waals surface area contributed by atoms with Crippen LogP contribution in [0.3, 0.4) is 0 Å². The van der Waals surface area contributed by atoms with Gasteiger partial charge in [0.1, 0.15) is 0 Å². The Labute approximate surface area is 117 Å². The van der Waals surface area contributed by atoms with E-state index in [0.29, 0.717) is 0 Å². The molecule has 0 bridgehead atoms. The lowest BCUT2D eigenvalue weighted by molar-refractivity contribution is 0.0697. The Morgan fingerprint density at radius 3 is 2.40 bits per heavy atom. The monoisotopic (exact) mass is 266 g/mol. The third kappa shape index (κ3) is 4.10. The van der Waals surface area contributed by atoms with Crippen LogP contribution in [-0.2, 0) is 0 Å². The first-order valence-corrected chi connectivity index (χ1v) is 6.10. The maximum Gasteiger partial charge on any atom is 0.335 e. The van der Waals surface area contributed by atoms with E-state index in [0.717, 1.165) is 11.3 Å². The topological polar surface area (TPSA) is 61.7 Å². The molecule has 0 aliphatic rings. The third-order valence-corrected chi connectivity index (χ3v) is 2.57. The maximum absolute atomic E-state index is 10.7. The van der Waals surface area contributed by atoms with Gasteiger partial charge in [-0.15, -0.1) is 0 Å². The molecule has 2 aromatic rings. The molecule has 2 aromatic carbocycles. The van der Waals surface area contributed by atoms with Gasteiger partial charge in [0.25, 0.3) is 0 Å². The number of carbonyl (C=O) groups is 1. The van der Waals surface area contributed by atoms with Crippen LogP contribution in [0.25, 0.3) is 6.08 Å². The van der Waals surface area contributed by atoms with E-state index in [4.69, 9.17) is 5.11 Å². The van der Waals surface area contributed by atoms with Gasteiger partial charge in [0.15, 0.2) is 0 Å². The van der Waals surface area contributed by atoms with E-state index in [9.17, 15) is 4.79 Å². The second kappa shape index (κ2) is 6.89. The molecular weight excluding hydrogens is 252 g/mol. The van der Waals surface area contributed by atoms with Gasteiger partial charge in [-0.1, -0.05) is 36.4 Å². The third-order valence-electron chi connectivity index (χ3n) is 2.57. The van der Waals surface area contributed by atoms with E-state index in [-0.39, 0.29) is 5.56 Å². The summed E-state index contributed by atoms with van der Waals surface area (Å²) in [5.41, 5.74) is 4.91. The molecule has 0 aliphatic heterocycles. The van der Waals surface area contributed by atoms with Crippen LogP contribution in [0.4, 0.5) is 5.69 Å². The predicted octanol–water partition coefficient (Wildman–Crippen LogP) is 3.50. The highest BCUT2D eigenvalue weighted by atomic mass is 16.4. The van der Waals surface area contributed by atoms with E-state index < -0.39 is 5.97 Å². The van der Waals surface area contributed by atoms with Gasteiger partial charge in [0.05, 0.1) is 11.3 Å². The van der Waals surface area contributed by atoms with E-state index in [1.807, 2.05) is 42.5 Å². The molecule has 0 fully saturated rings. The first kappa shape index (κ1) is 13.5. The molecule has 2 rings (SSSR count). The summed E-state index contributed by atoms with van der Waals surface area (Å²) in [6, 6.07) is 16.3. The van der Waals surface area contributed by atoms with Gasteiger partial charge in [0.2, 0.25) is 0 Å². The van der Waals surface area contributed by atoms with Crippen LogP contribution in [0, 0.1) is 0 Å². The largest absolute Gasteiger partial charge is 0.478 e. The van der Waals surface area contributed by atoms with Gasteiger partial charge in [-0.3, -0.25) is 5.43 Å². The first-order chi connectivity index (χ1) is 9.75. The van der Waals surface area contributed by atoms with Crippen molar-refractivity contribution in [2.24, 2.45) is 5.10 Å². The molecule has 0 unspecified atom stereocenters. The summed E-state index contributed by atoms with van der Waals surface area (Å²) in [5.74, 6) is -0.939. The summed E-state index contributed by atoms with van der Waals surface area (Å²) < 4.78 is 0. The number of nitrogens with zero attached hydrogens (tertiary/aromatic N) is 1. The van der Waals surface area contributed by atoms with Crippen molar-refractivity contribution in [3.05, 3.63) is 71.8 Å². The van der Waals surface area contributed by atoms with Gasteiger partial charge < -0.3 is 5.11 Å². The number of hydrogen-bond acceptors (Lipinski definition) is 3. The van der Waals surface area contributed by atoms with Crippen molar-refractivity contribution in [2.45, 2.75) is 0 Å². The van der Waals surface area contributed by atoms with Crippen molar-refractivity contribution >= 4 is 23.9 Å². The van der Waals surface area contributed by atoms with Gasteiger partial charge in [-0.2, -0.15) is 5.10 Å². The first-order valence-electron chi connectivity index (χ1n) is 6.10. The van der Waals surface area contributed by atoms with E-state index in [1.54, 1.807) is 18.3 Å². The Hall–Kier alpha value is -2.88. The van der Waals surface area contributed by atoms with Crippen molar-refractivity contribution in [2.75, 3.05) is 5.43 Å². The summed E-state index contributed by atoms with van der Waals surface area (Å²) in [7, 11) is 0. The van der Waals surface area contributed by atoms with Gasteiger partial charge in [-0.25, -0.2) is 4.79 Å². The van der Waals surface area contributed by atoms with Gasteiger partial charge in [0, 0.05) is 6.21 Å². The molecule has 4 heteroatoms. The Morgan fingerprint density at radius 2 is 1.75 bits per heavy atom. The Morgan fingerprint density at radius 1 is 1.05 bits per heavy atom. The molecule has 0 saturated heterocycles. The highest BCUT2D eigenvalue weighted by Crippen LogP contribution is 2.09. The molecule has 4 nitrogen and oxygen atoms in total. The minimum absolute atomic E-state index is 0.253. The Kier molecular flexibility index (Phi) is 4.67. The zero-order chi connectivity index (χ0) is 14.2. The normalized spacial score (nSPS) is 11.0. The van der Waals surface area contributed by atoms with Crippen molar-refractivity contribution in [1.29, 1.82) is 0 Å². The van der Waals surface area contributed by atoms with Crippen LogP contribution >= 0.6 is 0 Å². The van der Waals surface area contributed by atoms with Crippen molar-refractivity contribution in [1.82, 2.24) is 0 Å². The fraction of sp³-hybridized carbons (Fsp3) is 0. The van der Waals surface area contributed by atoms with Crippen LogP contribution in [-0.4, -0.2) is 17.3 Å². The lowest BCUT2D eigenvalue weighted by atomic mass is 10.2. The number of allylic oxidation sites excluding steroid dienone is 1. The quantitative estimate of drug-likeness (QED) is 0.643. The smallest absolute Gasteiger partial charge is 0.335 e. The van der Waals surface area contributed by atoms with Crippen LogP contribution < -0.4 is 5.43 Å². The zero-order valence-corrected chi connectivity index (χ0v) is 10.7. The average molecular weight is 266 g/mol. The number of carboxylic acid groups (broad SMARTS) is 1. The summed E-state index contributed by atoms with van der Waals surface area (Å²) in [4.78, 5) is 10.7. The zero-order valence-electron chi connectivity index (χ0n) is 10.7. The number of hydrogen-bond donors (Lipinski definition) is 2. The number of aromatic carboxylic acids is 1. The molecule has 0 aliphatic carbocycles. The van der Waals surface area contributed by atoms with E-state index in [2.05, 4.69) is 10.5 Å². The average Bonchev–Trinajstić information content (AvgIpc) is 2.48.